The summed E-state index contributed by atoms with van der Waals surface area (Å²) in [5.74, 6) is 1.83. The minimum absolute atomic E-state index is 0.0205. The van der Waals surface area contributed by atoms with Crippen molar-refractivity contribution in [3.63, 3.8) is 0 Å². The first kappa shape index (κ1) is 21.7. The van der Waals surface area contributed by atoms with E-state index in [1.807, 2.05) is 18.2 Å². The van der Waals surface area contributed by atoms with Gasteiger partial charge in [0.1, 0.15) is 18.2 Å². The Labute approximate surface area is 195 Å². The predicted molar refractivity (Wildman–Crippen MR) is 134 cm³/mol. The molecule has 0 spiro atoms. The third-order valence-corrected chi connectivity index (χ3v) is 6.65. The van der Waals surface area contributed by atoms with Crippen molar-refractivity contribution in [1.29, 1.82) is 0 Å². The van der Waals surface area contributed by atoms with E-state index in [0.29, 0.717) is 12.6 Å². The van der Waals surface area contributed by atoms with Crippen LogP contribution in [0.1, 0.15) is 41.4 Å². The molecule has 2 heterocycles. The first-order chi connectivity index (χ1) is 16.2. The number of aryl methyl sites for hydroxylation is 1. The summed E-state index contributed by atoms with van der Waals surface area (Å²) < 4.78 is 6.20. The van der Waals surface area contributed by atoms with Crippen LogP contribution in [0.2, 0.25) is 0 Å². The molecule has 5 heteroatoms. The molecule has 0 radical (unpaired) electrons. The van der Waals surface area contributed by atoms with Gasteiger partial charge in [-0.05, 0) is 80.9 Å². The highest BCUT2D eigenvalue weighted by atomic mass is 16.5. The van der Waals surface area contributed by atoms with Crippen LogP contribution in [0.25, 0.3) is 11.0 Å². The largest absolute Gasteiger partial charge is 0.489 e. The van der Waals surface area contributed by atoms with Gasteiger partial charge in [-0.2, -0.15) is 0 Å². The standard InChI is InChI=1S/C28H32N4O/c1-20-8-3-4-9-22(20)19-33-24-11-7-10-21(18-24)27(29-23-14-16-32(2)17-15-23)28-30-25-12-5-6-13-26(25)31-28/h3-13,18,23,27,29H,14-17,19H2,1-2H3,(H,30,31). The predicted octanol–water partition coefficient (Wildman–Crippen LogP) is 5.22. The molecule has 0 amide bonds. The van der Waals surface area contributed by atoms with E-state index in [0.717, 1.165) is 54.1 Å². The highest BCUT2D eigenvalue weighted by Gasteiger charge is 2.24. The molecule has 1 saturated heterocycles. The average Bonchev–Trinajstić information content (AvgIpc) is 3.27. The number of imidazole rings is 1. The molecule has 1 aliphatic rings. The van der Waals surface area contributed by atoms with Crippen molar-refractivity contribution in [3.8, 4) is 5.75 Å². The summed E-state index contributed by atoms with van der Waals surface area (Å²) in [7, 11) is 2.20. The molecule has 33 heavy (non-hydrogen) atoms. The lowest BCUT2D eigenvalue weighted by Crippen LogP contribution is -2.42. The Morgan fingerprint density at radius 3 is 2.64 bits per heavy atom. The molecular formula is C28H32N4O. The second-order valence-electron chi connectivity index (χ2n) is 9.10. The number of para-hydroxylation sites is 2. The number of benzene rings is 3. The molecule has 1 aliphatic heterocycles. The number of nitrogens with zero attached hydrogens (tertiary/aromatic N) is 2. The average molecular weight is 441 g/mol. The molecule has 4 aromatic rings. The Bertz CT molecular complexity index is 1180. The third-order valence-electron chi connectivity index (χ3n) is 6.65. The van der Waals surface area contributed by atoms with Gasteiger partial charge in [-0.3, -0.25) is 0 Å². The van der Waals surface area contributed by atoms with Crippen molar-refractivity contribution < 1.29 is 4.74 Å². The monoisotopic (exact) mass is 440 g/mol. The molecule has 1 atom stereocenters. The SMILES string of the molecule is Cc1ccccc1COc1cccc(C(NC2CCN(C)CC2)c2nc3ccccc3[nH]2)c1. The van der Waals surface area contributed by atoms with Crippen molar-refractivity contribution in [2.75, 3.05) is 20.1 Å². The molecule has 3 aromatic carbocycles. The Morgan fingerprint density at radius 1 is 1.03 bits per heavy atom. The topological polar surface area (TPSA) is 53.2 Å². The number of hydrogen-bond acceptors (Lipinski definition) is 4. The number of aromatic nitrogens is 2. The summed E-state index contributed by atoms with van der Waals surface area (Å²) in [6.45, 7) is 4.92. The number of fused-ring (bicyclic) bond motifs is 1. The molecule has 5 rings (SSSR count). The van der Waals surface area contributed by atoms with Crippen LogP contribution in [0.4, 0.5) is 0 Å². The van der Waals surface area contributed by atoms with E-state index in [2.05, 4.69) is 83.8 Å². The van der Waals surface area contributed by atoms with Gasteiger partial charge in [0.15, 0.2) is 0 Å². The van der Waals surface area contributed by atoms with Crippen LogP contribution >= 0.6 is 0 Å². The number of ether oxygens (including phenoxy) is 1. The lowest BCUT2D eigenvalue weighted by atomic mass is 10.0. The van der Waals surface area contributed by atoms with Crippen LogP contribution in [0, 0.1) is 6.92 Å². The van der Waals surface area contributed by atoms with Crippen molar-refractivity contribution in [1.82, 2.24) is 20.2 Å². The molecular weight excluding hydrogens is 408 g/mol. The molecule has 2 N–H and O–H groups in total. The van der Waals surface area contributed by atoms with E-state index >= 15 is 0 Å². The molecule has 170 valence electrons. The molecule has 0 saturated carbocycles. The van der Waals surface area contributed by atoms with Gasteiger partial charge in [0.2, 0.25) is 0 Å². The van der Waals surface area contributed by atoms with E-state index in [4.69, 9.17) is 9.72 Å². The molecule has 1 fully saturated rings. The maximum absolute atomic E-state index is 6.20. The van der Waals surface area contributed by atoms with E-state index in [1.165, 1.54) is 11.1 Å². The summed E-state index contributed by atoms with van der Waals surface area (Å²) >= 11 is 0. The van der Waals surface area contributed by atoms with Crippen molar-refractivity contribution >= 4 is 11.0 Å². The first-order valence-corrected chi connectivity index (χ1v) is 11.8. The number of aromatic amines is 1. The highest BCUT2D eigenvalue weighted by molar-refractivity contribution is 5.75. The number of nitrogens with one attached hydrogen (secondary N) is 2. The van der Waals surface area contributed by atoms with Gasteiger partial charge in [-0.1, -0.05) is 48.5 Å². The fraction of sp³-hybridized carbons (Fsp3) is 0.321. The normalized spacial score (nSPS) is 16.2. The molecule has 1 unspecified atom stereocenters. The Kier molecular flexibility index (Phi) is 6.42. The Balaban J connectivity index is 1.41. The van der Waals surface area contributed by atoms with Crippen molar-refractivity contribution in [2.24, 2.45) is 0 Å². The van der Waals surface area contributed by atoms with Gasteiger partial charge in [-0.25, -0.2) is 4.98 Å². The highest BCUT2D eigenvalue weighted by Crippen LogP contribution is 2.28. The van der Waals surface area contributed by atoms with Crippen molar-refractivity contribution in [2.45, 2.75) is 38.5 Å². The fourth-order valence-electron chi connectivity index (χ4n) is 4.57. The zero-order chi connectivity index (χ0) is 22.6. The Hall–Kier alpha value is -3.15. The van der Waals surface area contributed by atoms with Gasteiger partial charge in [0.25, 0.3) is 0 Å². The fourth-order valence-corrected chi connectivity index (χ4v) is 4.57. The Morgan fingerprint density at radius 2 is 1.82 bits per heavy atom. The first-order valence-electron chi connectivity index (χ1n) is 11.8. The minimum atomic E-state index is -0.0205. The lowest BCUT2D eigenvalue weighted by molar-refractivity contribution is 0.228. The van der Waals surface area contributed by atoms with Crippen LogP contribution in [0.3, 0.4) is 0 Å². The zero-order valence-electron chi connectivity index (χ0n) is 19.4. The summed E-state index contributed by atoms with van der Waals surface area (Å²) in [6.07, 6.45) is 2.27. The molecule has 0 aliphatic carbocycles. The molecule has 1 aromatic heterocycles. The summed E-state index contributed by atoms with van der Waals surface area (Å²) in [5, 5.41) is 3.90. The smallest absolute Gasteiger partial charge is 0.129 e. The van der Waals surface area contributed by atoms with Crippen LogP contribution in [-0.4, -0.2) is 41.0 Å². The summed E-state index contributed by atoms with van der Waals surface area (Å²) in [6, 6.07) is 25.5. The maximum atomic E-state index is 6.20. The summed E-state index contributed by atoms with van der Waals surface area (Å²) in [4.78, 5) is 10.9. The number of H-pyrrole nitrogens is 1. The zero-order valence-corrected chi connectivity index (χ0v) is 19.4. The number of rotatable bonds is 7. The van der Waals surface area contributed by atoms with E-state index in [9.17, 15) is 0 Å². The third kappa shape index (κ3) is 5.10. The van der Waals surface area contributed by atoms with Gasteiger partial charge in [-0.15, -0.1) is 0 Å². The second kappa shape index (κ2) is 9.77. The quantitative estimate of drug-likeness (QED) is 0.414. The van der Waals surface area contributed by atoms with E-state index < -0.39 is 0 Å². The molecule has 5 nitrogen and oxygen atoms in total. The summed E-state index contributed by atoms with van der Waals surface area (Å²) in [5.41, 5.74) is 5.68. The number of hydrogen-bond donors (Lipinski definition) is 2. The van der Waals surface area contributed by atoms with Crippen molar-refractivity contribution in [3.05, 3.63) is 95.3 Å². The van der Waals surface area contributed by atoms with E-state index in [-0.39, 0.29) is 6.04 Å². The van der Waals surface area contributed by atoms with Crippen LogP contribution < -0.4 is 10.1 Å². The van der Waals surface area contributed by atoms with Crippen LogP contribution in [0.5, 0.6) is 5.75 Å². The van der Waals surface area contributed by atoms with Crippen LogP contribution in [0.15, 0.2) is 72.8 Å². The number of likely N-dealkylation sites (tertiary alicyclic amines) is 1. The van der Waals surface area contributed by atoms with Gasteiger partial charge >= 0.3 is 0 Å². The van der Waals surface area contributed by atoms with Gasteiger partial charge in [0.05, 0.1) is 17.1 Å². The number of piperidine rings is 1. The molecule has 0 bridgehead atoms. The van der Waals surface area contributed by atoms with Gasteiger partial charge in [0, 0.05) is 6.04 Å². The lowest BCUT2D eigenvalue weighted by Gasteiger charge is -2.32. The van der Waals surface area contributed by atoms with E-state index in [1.54, 1.807) is 0 Å². The minimum Gasteiger partial charge on any atom is -0.489 e. The van der Waals surface area contributed by atoms with Crippen LogP contribution in [-0.2, 0) is 6.61 Å². The maximum Gasteiger partial charge on any atom is 0.129 e. The van der Waals surface area contributed by atoms with Gasteiger partial charge < -0.3 is 19.9 Å². The second-order valence-corrected chi connectivity index (χ2v) is 9.10.